The molecular weight excluding hydrogens is 242 g/mol. The highest BCUT2D eigenvalue weighted by Gasteiger charge is 2.11. The van der Waals surface area contributed by atoms with Gasteiger partial charge in [0, 0.05) is 0 Å². The molecule has 0 unspecified atom stereocenters. The number of sulfonamides is 1. The van der Waals surface area contributed by atoms with Crippen LogP contribution in [0.2, 0.25) is 0 Å². The van der Waals surface area contributed by atoms with E-state index in [0.717, 1.165) is 5.56 Å². The first-order chi connectivity index (χ1) is 7.95. The van der Waals surface area contributed by atoms with Gasteiger partial charge in [-0.2, -0.15) is 12.8 Å². The quantitative estimate of drug-likeness (QED) is 0.600. The van der Waals surface area contributed by atoms with Crippen molar-refractivity contribution >= 4 is 22.2 Å². The van der Waals surface area contributed by atoms with E-state index in [-0.39, 0.29) is 11.5 Å². The number of benzene rings is 1. The van der Waals surface area contributed by atoms with Gasteiger partial charge < -0.3 is 4.74 Å². The molecule has 0 heterocycles. The molecule has 0 spiro atoms. The summed E-state index contributed by atoms with van der Waals surface area (Å²) < 4.78 is 31.1. The lowest BCUT2D eigenvalue weighted by Crippen LogP contribution is -2.07. The summed E-state index contributed by atoms with van der Waals surface area (Å²) in [5.41, 5.74) is 0.943. The highest BCUT2D eigenvalue weighted by atomic mass is 32.2. The van der Waals surface area contributed by atoms with Gasteiger partial charge in [0.05, 0.1) is 11.5 Å². The molecule has 0 aromatic heterocycles. The van der Waals surface area contributed by atoms with Crippen LogP contribution in [0.4, 0.5) is 0 Å². The van der Waals surface area contributed by atoms with Crippen molar-refractivity contribution in [2.75, 3.05) is 6.61 Å². The number of carbonyl (C=O) groups is 1. The van der Waals surface area contributed by atoms with Crippen molar-refractivity contribution in [2.45, 2.75) is 18.7 Å². The minimum Gasteiger partial charge on any atom is -0.462 e. The zero-order valence-electron chi connectivity index (χ0n) is 9.58. The Morgan fingerprint density at radius 3 is 2.47 bits per heavy atom. The van der Waals surface area contributed by atoms with Crippen molar-refractivity contribution in [1.82, 2.24) is 0 Å². The number of rotatable bonds is 4. The Morgan fingerprint density at radius 1 is 1.35 bits per heavy atom. The summed E-state index contributed by atoms with van der Waals surface area (Å²) in [6.07, 6.45) is 0.665. The van der Waals surface area contributed by atoms with Crippen molar-refractivity contribution in [3.63, 3.8) is 0 Å². The van der Waals surface area contributed by atoms with E-state index in [1.807, 2.05) is 6.92 Å². The van der Waals surface area contributed by atoms with Gasteiger partial charge in [-0.3, -0.25) is 0 Å². The van der Waals surface area contributed by atoms with Gasteiger partial charge in [-0.25, -0.2) is 4.79 Å². The van der Waals surface area contributed by atoms with Crippen LogP contribution in [0.1, 0.15) is 12.5 Å². The molecule has 0 aliphatic rings. The molecule has 0 aliphatic heterocycles. The Hall–Kier alpha value is -1.69. The number of ether oxygens (including phenoxy) is 1. The standard InChI is InChI=1S/C11H13NO4S/c1-3-16-11(13)8-12-17(14,15)10-6-4-9(2)5-7-10/h4-8H,3H2,1-2H3. The van der Waals surface area contributed by atoms with Crippen LogP contribution in [0, 0.1) is 6.92 Å². The fourth-order valence-corrected chi connectivity index (χ4v) is 1.89. The second-order valence-corrected chi connectivity index (χ2v) is 4.91. The zero-order valence-corrected chi connectivity index (χ0v) is 10.4. The van der Waals surface area contributed by atoms with Crippen LogP contribution in [-0.2, 0) is 19.6 Å². The van der Waals surface area contributed by atoms with Crippen molar-refractivity contribution in [2.24, 2.45) is 4.40 Å². The average molecular weight is 255 g/mol. The molecule has 0 saturated heterocycles. The molecule has 17 heavy (non-hydrogen) atoms. The summed E-state index contributed by atoms with van der Waals surface area (Å²) in [7, 11) is -3.82. The summed E-state index contributed by atoms with van der Waals surface area (Å²) in [6.45, 7) is 3.65. The van der Waals surface area contributed by atoms with E-state index in [4.69, 9.17) is 0 Å². The molecule has 1 aromatic carbocycles. The molecular formula is C11H13NO4S. The molecule has 1 aromatic rings. The molecule has 92 valence electrons. The van der Waals surface area contributed by atoms with Crippen LogP contribution in [-0.4, -0.2) is 27.2 Å². The highest BCUT2D eigenvalue weighted by molar-refractivity contribution is 7.90. The topological polar surface area (TPSA) is 72.8 Å². The Bertz CT molecular complexity index is 517. The van der Waals surface area contributed by atoms with Crippen molar-refractivity contribution in [1.29, 1.82) is 0 Å². The van der Waals surface area contributed by atoms with Crippen LogP contribution in [0.15, 0.2) is 33.6 Å². The lowest BCUT2D eigenvalue weighted by Gasteiger charge is -1.99. The third-order valence-electron chi connectivity index (χ3n) is 1.90. The molecule has 6 heteroatoms. The second-order valence-electron chi connectivity index (χ2n) is 3.27. The van der Waals surface area contributed by atoms with E-state index in [1.165, 1.54) is 12.1 Å². The minimum atomic E-state index is -3.82. The van der Waals surface area contributed by atoms with E-state index < -0.39 is 16.0 Å². The molecule has 0 N–H and O–H groups in total. The molecule has 0 radical (unpaired) electrons. The Labute approximate surface area is 100 Å². The van der Waals surface area contributed by atoms with Gasteiger partial charge in [-0.15, -0.1) is 0 Å². The summed E-state index contributed by atoms with van der Waals surface area (Å²) >= 11 is 0. The molecule has 0 aliphatic carbocycles. The van der Waals surface area contributed by atoms with Crippen LogP contribution < -0.4 is 0 Å². The summed E-state index contributed by atoms with van der Waals surface area (Å²) in [5.74, 6) is -0.775. The smallest absolute Gasteiger partial charge is 0.350 e. The SMILES string of the molecule is CCOC(=O)C=NS(=O)(=O)c1ccc(C)cc1. The fourth-order valence-electron chi connectivity index (χ4n) is 1.06. The molecule has 1 rings (SSSR count). The highest BCUT2D eigenvalue weighted by Crippen LogP contribution is 2.12. The second kappa shape index (κ2) is 5.58. The van der Waals surface area contributed by atoms with Gasteiger partial charge in [-0.05, 0) is 26.0 Å². The van der Waals surface area contributed by atoms with E-state index in [2.05, 4.69) is 9.13 Å². The number of hydrogen-bond donors (Lipinski definition) is 0. The van der Waals surface area contributed by atoms with E-state index >= 15 is 0 Å². The normalized spacial score (nSPS) is 11.6. The van der Waals surface area contributed by atoms with Gasteiger partial charge in [0.15, 0.2) is 0 Å². The van der Waals surface area contributed by atoms with Crippen LogP contribution in [0.5, 0.6) is 0 Å². The first kappa shape index (κ1) is 13.4. The first-order valence-corrected chi connectivity index (χ1v) is 6.43. The van der Waals surface area contributed by atoms with E-state index in [9.17, 15) is 13.2 Å². The predicted octanol–water partition coefficient (Wildman–Crippen LogP) is 1.32. The maximum absolute atomic E-state index is 11.6. The number of nitrogens with zero attached hydrogens (tertiary/aromatic N) is 1. The molecule has 0 bridgehead atoms. The van der Waals surface area contributed by atoms with Gasteiger partial charge >= 0.3 is 5.97 Å². The van der Waals surface area contributed by atoms with Crippen LogP contribution in [0.3, 0.4) is 0 Å². The number of aryl methyl sites for hydroxylation is 1. The summed E-state index contributed by atoms with van der Waals surface area (Å²) in [5, 5.41) is 0. The summed E-state index contributed by atoms with van der Waals surface area (Å²) in [4.78, 5) is 11.0. The van der Waals surface area contributed by atoms with Gasteiger partial charge in [0.25, 0.3) is 10.0 Å². The minimum absolute atomic E-state index is 0.0450. The molecule has 0 atom stereocenters. The monoisotopic (exact) mass is 255 g/mol. The molecule has 0 amide bonds. The van der Waals surface area contributed by atoms with Gasteiger partial charge in [0.2, 0.25) is 0 Å². The number of carbonyl (C=O) groups excluding carboxylic acids is 1. The maximum atomic E-state index is 11.6. The Morgan fingerprint density at radius 2 is 1.94 bits per heavy atom. The van der Waals surface area contributed by atoms with Crippen LogP contribution >= 0.6 is 0 Å². The molecule has 0 fully saturated rings. The van der Waals surface area contributed by atoms with Gasteiger partial charge in [0.1, 0.15) is 6.21 Å². The predicted molar refractivity (Wildman–Crippen MR) is 63.5 cm³/mol. The largest absolute Gasteiger partial charge is 0.462 e. The van der Waals surface area contributed by atoms with Crippen LogP contribution in [0.25, 0.3) is 0 Å². The first-order valence-electron chi connectivity index (χ1n) is 4.99. The Balaban J connectivity index is 2.89. The zero-order chi connectivity index (χ0) is 12.9. The van der Waals surface area contributed by atoms with Crippen molar-refractivity contribution in [3.05, 3.63) is 29.8 Å². The number of hydrogen-bond acceptors (Lipinski definition) is 4. The fraction of sp³-hybridized carbons (Fsp3) is 0.273. The van der Waals surface area contributed by atoms with E-state index in [0.29, 0.717) is 6.21 Å². The third kappa shape index (κ3) is 3.99. The van der Waals surface area contributed by atoms with Gasteiger partial charge in [-0.1, -0.05) is 17.7 Å². The third-order valence-corrected chi connectivity index (χ3v) is 3.15. The molecule has 0 saturated carbocycles. The Kier molecular flexibility index (Phi) is 4.39. The lowest BCUT2D eigenvalue weighted by molar-refractivity contribution is -0.134. The average Bonchev–Trinajstić information content (AvgIpc) is 2.28. The molecule has 5 nitrogen and oxygen atoms in total. The maximum Gasteiger partial charge on any atom is 0.350 e. The van der Waals surface area contributed by atoms with Crippen molar-refractivity contribution < 1.29 is 17.9 Å². The lowest BCUT2D eigenvalue weighted by atomic mass is 10.2. The number of esters is 1. The van der Waals surface area contributed by atoms with E-state index in [1.54, 1.807) is 19.1 Å². The summed E-state index contributed by atoms with van der Waals surface area (Å²) in [6, 6.07) is 6.19. The van der Waals surface area contributed by atoms with Crippen molar-refractivity contribution in [3.8, 4) is 0 Å².